The number of benzene rings is 1. The largest absolute Gasteiger partial charge is 0.326 e. The third-order valence-corrected chi connectivity index (χ3v) is 3.30. The number of pyridine rings is 1. The summed E-state index contributed by atoms with van der Waals surface area (Å²) in [6, 6.07) is 10.6. The van der Waals surface area contributed by atoms with Crippen LogP contribution in [0, 0.1) is 0 Å². The number of amides is 2. The molecule has 2 amide bonds. The maximum absolute atomic E-state index is 12.6. The van der Waals surface area contributed by atoms with E-state index in [0.717, 1.165) is 5.56 Å². The first-order chi connectivity index (χ1) is 10.2. The molecule has 3 rings (SSSR count). The average molecular weight is 282 g/mol. The highest BCUT2D eigenvalue weighted by atomic mass is 16.2. The number of nitrogens with one attached hydrogen (secondary N) is 1. The fraction of sp³-hybridized carbons (Fsp3) is 0.133. The van der Waals surface area contributed by atoms with Crippen LogP contribution in [0.3, 0.4) is 0 Å². The Kier molecular flexibility index (Phi) is 3.37. The molecule has 0 spiro atoms. The van der Waals surface area contributed by atoms with Crippen molar-refractivity contribution in [2.45, 2.75) is 6.54 Å². The van der Waals surface area contributed by atoms with Crippen LogP contribution >= 0.6 is 0 Å². The van der Waals surface area contributed by atoms with E-state index in [1.165, 1.54) is 4.90 Å². The predicted octanol–water partition coefficient (Wildman–Crippen LogP) is 1.14. The Balaban J connectivity index is 1.95. The van der Waals surface area contributed by atoms with Gasteiger partial charge in [-0.1, -0.05) is 18.2 Å². The van der Waals surface area contributed by atoms with Gasteiger partial charge in [-0.2, -0.15) is 0 Å². The molecule has 0 aliphatic carbocycles. The van der Waals surface area contributed by atoms with Gasteiger partial charge in [0.25, 0.3) is 5.91 Å². The predicted molar refractivity (Wildman–Crippen MR) is 78.9 cm³/mol. The summed E-state index contributed by atoms with van der Waals surface area (Å²) in [5.41, 5.74) is 7.95. The highest BCUT2D eigenvalue weighted by Gasteiger charge is 2.27. The number of hydrogen-bond acceptors (Lipinski definition) is 4. The van der Waals surface area contributed by atoms with Crippen molar-refractivity contribution < 1.29 is 9.59 Å². The van der Waals surface area contributed by atoms with Crippen molar-refractivity contribution in [2.24, 2.45) is 5.73 Å². The zero-order valence-corrected chi connectivity index (χ0v) is 11.2. The molecule has 1 aromatic carbocycles. The standard InChI is InChI=1S/C15H14N4O2/c16-7-10-5-6-12(17-8-10)15(21)19-9-14(20)18-11-3-1-2-4-13(11)19/h1-6,8H,7,9,16H2,(H,18,20). The summed E-state index contributed by atoms with van der Waals surface area (Å²) in [4.78, 5) is 29.8. The maximum Gasteiger partial charge on any atom is 0.277 e. The lowest BCUT2D eigenvalue weighted by Gasteiger charge is -2.28. The Labute approximate surface area is 121 Å². The molecule has 106 valence electrons. The Bertz CT molecular complexity index is 697. The van der Waals surface area contributed by atoms with Crippen molar-refractivity contribution in [1.82, 2.24) is 4.98 Å². The van der Waals surface area contributed by atoms with Gasteiger partial charge in [-0.3, -0.25) is 19.5 Å². The van der Waals surface area contributed by atoms with E-state index in [1.807, 2.05) is 6.07 Å². The van der Waals surface area contributed by atoms with Crippen molar-refractivity contribution in [3.05, 3.63) is 53.9 Å². The molecule has 6 nitrogen and oxygen atoms in total. The minimum Gasteiger partial charge on any atom is -0.326 e. The number of fused-ring (bicyclic) bond motifs is 1. The molecule has 2 aromatic rings. The number of para-hydroxylation sites is 2. The maximum atomic E-state index is 12.6. The fourth-order valence-electron chi connectivity index (χ4n) is 2.22. The van der Waals surface area contributed by atoms with Gasteiger partial charge >= 0.3 is 0 Å². The highest BCUT2D eigenvalue weighted by molar-refractivity contribution is 6.14. The van der Waals surface area contributed by atoms with Gasteiger partial charge in [0.05, 0.1) is 11.4 Å². The molecule has 0 atom stereocenters. The molecule has 1 aliphatic rings. The van der Waals surface area contributed by atoms with Gasteiger partial charge < -0.3 is 11.1 Å². The van der Waals surface area contributed by atoms with Crippen molar-refractivity contribution in [3.63, 3.8) is 0 Å². The van der Waals surface area contributed by atoms with Crippen LogP contribution in [0.1, 0.15) is 16.1 Å². The van der Waals surface area contributed by atoms with Crippen LogP contribution in [0.5, 0.6) is 0 Å². The number of aromatic nitrogens is 1. The summed E-state index contributed by atoms with van der Waals surface area (Å²) in [6.07, 6.45) is 1.57. The molecule has 21 heavy (non-hydrogen) atoms. The lowest BCUT2D eigenvalue weighted by Crippen LogP contribution is -2.42. The highest BCUT2D eigenvalue weighted by Crippen LogP contribution is 2.29. The molecule has 0 radical (unpaired) electrons. The van der Waals surface area contributed by atoms with Crippen LogP contribution < -0.4 is 16.0 Å². The molecule has 0 unspecified atom stereocenters. The van der Waals surface area contributed by atoms with Crippen molar-refractivity contribution in [3.8, 4) is 0 Å². The zero-order valence-electron chi connectivity index (χ0n) is 11.2. The molecular weight excluding hydrogens is 268 g/mol. The van der Waals surface area contributed by atoms with Crippen molar-refractivity contribution in [1.29, 1.82) is 0 Å². The van der Waals surface area contributed by atoms with Gasteiger partial charge in [0, 0.05) is 12.7 Å². The first kappa shape index (κ1) is 13.3. The smallest absolute Gasteiger partial charge is 0.277 e. The van der Waals surface area contributed by atoms with E-state index < -0.39 is 0 Å². The van der Waals surface area contributed by atoms with Crippen LogP contribution in [0.15, 0.2) is 42.6 Å². The summed E-state index contributed by atoms with van der Waals surface area (Å²) in [7, 11) is 0. The van der Waals surface area contributed by atoms with E-state index in [-0.39, 0.29) is 24.1 Å². The number of anilines is 2. The van der Waals surface area contributed by atoms with Crippen LogP contribution in [-0.4, -0.2) is 23.3 Å². The quantitative estimate of drug-likeness (QED) is 0.864. The summed E-state index contributed by atoms with van der Waals surface area (Å²) in [6.45, 7) is 0.354. The molecule has 3 N–H and O–H groups in total. The van der Waals surface area contributed by atoms with E-state index in [0.29, 0.717) is 17.9 Å². The molecule has 6 heteroatoms. The number of nitrogens with zero attached hydrogens (tertiary/aromatic N) is 2. The molecule has 0 saturated heterocycles. The van der Waals surface area contributed by atoms with Gasteiger partial charge in [-0.15, -0.1) is 0 Å². The number of rotatable bonds is 2. The second kappa shape index (κ2) is 5.34. The number of carbonyl (C=O) groups excluding carboxylic acids is 2. The first-order valence-electron chi connectivity index (χ1n) is 6.55. The lowest BCUT2D eigenvalue weighted by atomic mass is 10.1. The Morgan fingerprint density at radius 1 is 1.29 bits per heavy atom. The first-order valence-corrected chi connectivity index (χ1v) is 6.55. The van der Waals surface area contributed by atoms with E-state index in [4.69, 9.17) is 5.73 Å². The van der Waals surface area contributed by atoms with Gasteiger partial charge in [0.15, 0.2) is 0 Å². The van der Waals surface area contributed by atoms with Crippen molar-refractivity contribution in [2.75, 3.05) is 16.8 Å². The molecule has 1 aliphatic heterocycles. The molecule has 1 aromatic heterocycles. The fourth-order valence-corrected chi connectivity index (χ4v) is 2.22. The average Bonchev–Trinajstić information content (AvgIpc) is 2.53. The summed E-state index contributed by atoms with van der Waals surface area (Å²) >= 11 is 0. The van der Waals surface area contributed by atoms with E-state index in [1.54, 1.807) is 36.5 Å². The van der Waals surface area contributed by atoms with E-state index in [2.05, 4.69) is 10.3 Å². The van der Waals surface area contributed by atoms with Crippen LogP contribution in [0.2, 0.25) is 0 Å². The Morgan fingerprint density at radius 2 is 2.10 bits per heavy atom. The number of hydrogen-bond donors (Lipinski definition) is 2. The zero-order chi connectivity index (χ0) is 14.8. The number of nitrogens with two attached hydrogens (primary N) is 1. The van der Waals surface area contributed by atoms with Gasteiger partial charge in [-0.05, 0) is 23.8 Å². The van der Waals surface area contributed by atoms with Gasteiger partial charge in [-0.25, -0.2) is 0 Å². The van der Waals surface area contributed by atoms with Crippen LogP contribution in [-0.2, 0) is 11.3 Å². The number of carbonyl (C=O) groups is 2. The van der Waals surface area contributed by atoms with Gasteiger partial charge in [0.1, 0.15) is 12.2 Å². The normalized spacial score (nSPS) is 13.6. The monoisotopic (exact) mass is 282 g/mol. The third-order valence-electron chi connectivity index (χ3n) is 3.30. The Morgan fingerprint density at radius 3 is 2.81 bits per heavy atom. The lowest BCUT2D eigenvalue weighted by molar-refractivity contribution is -0.115. The summed E-state index contributed by atoms with van der Waals surface area (Å²) in [5, 5.41) is 2.74. The second-order valence-corrected chi connectivity index (χ2v) is 4.71. The Hall–Kier alpha value is -2.73. The van der Waals surface area contributed by atoms with Crippen LogP contribution in [0.4, 0.5) is 11.4 Å². The summed E-state index contributed by atoms with van der Waals surface area (Å²) in [5.74, 6) is -0.526. The minimum atomic E-state index is -0.305. The third kappa shape index (κ3) is 2.48. The molecule has 0 saturated carbocycles. The van der Waals surface area contributed by atoms with Crippen molar-refractivity contribution >= 4 is 23.2 Å². The second-order valence-electron chi connectivity index (χ2n) is 4.71. The van der Waals surface area contributed by atoms with E-state index >= 15 is 0 Å². The summed E-state index contributed by atoms with van der Waals surface area (Å²) < 4.78 is 0. The van der Waals surface area contributed by atoms with Gasteiger partial charge in [0.2, 0.25) is 5.91 Å². The molecule has 0 bridgehead atoms. The molecule has 0 fully saturated rings. The van der Waals surface area contributed by atoms with E-state index in [9.17, 15) is 9.59 Å². The SMILES string of the molecule is NCc1ccc(C(=O)N2CC(=O)Nc3ccccc32)nc1. The molecule has 2 heterocycles. The minimum absolute atomic E-state index is 0.0177. The van der Waals surface area contributed by atoms with Crippen LogP contribution in [0.25, 0.3) is 0 Å². The topological polar surface area (TPSA) is 88.3 Å². The molecular formula is C15H14N4O2.